The first-order valence-corrected chi connectivity index (χ1v) is 27.8. The molecule has 0 aliphatic heterocycles. The maximum atomic E-state index is 4.02. The Labute approximate surface area is 218 Å². The van der Waals surface area contributed by atoms with Gasteiger partial charge in [0.2, 0.25) is 0 Å². The fourth-order valence-electron chi connectivity index (χ4n) is 4.02. The van der Waals surface area contributed by atoms with Crippen molar-refractivity contribution in [3.05, 3.63) is 0 Å². The standard InChI is InChI=1S/3C8H20BrP/c3*1-5-10(9,6-2,7-3)8-4/h3*5-8H2,1-4H3. The van der Waals surface area contributed by atoms with Gasteiger partial charge in [0.05, 0.1) is 0 Å². The van der Waals surface area contributed by atoms with E-state index in [4.69, 9.17) is 0 Å². The van der Waals surface area contributed by atoms with Gasteiger partial charge in [0.15, 0.2) is 0 Å². The summed E-state index contributed by atoms with van der Waals surface area (Å²) in [5, 5.41) is -4.02. The predicted molar refractivity (Wildman–Crippen MR) is 174 cm³/mol. The van der Waals surface area contributed by atoms with Crippen molar-refractivity contribution < 1.29 is 0 Å². The van der Waals surface area contributed by atoms with Gasteiger partial charge in [-0.25, -0.2) is 0 Å². The van der Waals surface area contributed by atoms with Crippen molar-refractivity contribution in [2.24, 2.45) is 0 Å². The minimum absolute atomic E-state index is 1.34. The topological polar surface area (TPSA) is 0 Å². The second-order valence-electron chi connectivity index (χ2n) is 9.25. The molecular formula is C24H60Br3P3. The van der Waals surface area contributed by atoms with E-state index < -0.39 is 15.9 Å². The van der Waals surface area contributed by atoms with Crippen LogP contribution in [0.3, 0.4) is 0 Å². The molecule has 0 spiro atoms. The Morgan fingerprint density at radius 1 is 0.267 bits per heavy atom. The summed E-state index contributed by atoms with van der Waals surface area (Å²) >= 11 is 12.1. The summed E-state index contributed by atoms with van der Waals surface area (Å²) in [6.45, 7) is 27.9. The molecule has 192 valence electrons. The third kappa shape index (κ3) is 10.6. The van der Waals surface area contributed by atoms with Gasteiger partial charge in [-0.2, -0.15) is 0 Å². The van der Waals surface area contributed by atoms with Gasteiger partial charge in [-0.05, 0) is 0 Å². The summed E-state index contributed by atoms with van der Waals surface area (Å²) in [6.07, 6.45) is 16.3. The number of hydrogen-bond donors (Lipinski definition) is 0. The fraction of sp³-hybridized carbons (Fsp3) is 1.00. The van der Waals surface area contributed by atoms with Crippen molar-refractivity contribution in [1.29, 1.82) is 0 Å². The van der Waals surface area contributed by atoms with Gasteiger partial charge in [0.1, 0.15) is 0 Å². The van der Waals surface area contributed by atoms with Crippen LogP contribution < -0.4 is 0 Å². The Morgan fingerprint density at radius 3 is 0.333 bits per heavy atom. The van der Waals surface area contributed by atoms with Gasteiger partial charge in [-0.3, -0.25) is 0 Å². The van der Waals surface area contributed by atoms with Crippen molar-refractivity contribution in [3.8, 4) is 0 Å². The van der Waals surface area contributed by atoms with Gasteiger partial charge in [0, 0.05) is 0 Å². The summed E-state index contributed by atoms with van der Waals surface area (Å²) in [5.41, 5.74) is 0. The summed E-state index contributed by atoms with van der Waals surface area (Å²) in [6, 6.07) is 0. The Balaban J connectivity index is -0.000000364. The van der Waals surface area contributed by atoms with Crippen molar-refractivity contribution in [2.75, 3.05) is 73.9 Å². The van der Waals surface area contributed by atoms with Crippen molar-refractivity contribution >= 4 is 62.4 Å². The first-order valence-electron chi connectivity index (χ1n) is 12.8. The molecule has 0 aliphatic carbocycles. The molecule has 0 saturated heterocycles. The van der Waals surface area contributed by atoms with Crippen LogP contribution in [-0.4, -0.2) is 73.9 Å². The van der Waals surface area contributed by atoms with E-state index in [1.54, 1.807) is 0 Å². The van der Waals surface area contributed by atoms with E-state index in [1.165, 1.54) is 73.9 Å². The van der Waals surface area contributed by atoms with Crippen molar-refractivity contribution in [3.63, 3.8) is 0 Å². The van der Waals surface area contributed by atoms with Crippen LogP contribution in [0.5, 0.6) is 0 Å². The average Bonchev–Trinajstić information content (AvgIpc) is 2.84. The first-order chi connectivity index (χ1) is 13.6. The third-order valence-corrected chi connectivity index (χ3v) is 46.5. The maximum absolute atomic E-state index is 4.02. The number of halogens is 3. The van der Waals surface area contributed by atoms with E-state index >= 15 is 0 Å². The summed E-state index contributed by atoms with van der Waals surface area (Å²) < 4.78 is 0. The minimum atomic E-state index is -1.34. The Bertz CT molecular complexity index is 320. The van der Waals surface area contributed by atoms with E-state index in [0.29, 0.717) is 0 Å². The zero-order valence-corrected chi connectivity index (χ0v) is 30.4. The molecule has 30 heavy (non-hydrogen) atoms. The molecule has 0 fully saturated rings. The van der Waals surface area contributed by atoms with E-state index in [9.17, 15) is 0 Å². The van der Waals surface area contributed by atoms with E-state index in [0.717, 1.165) is 0 Å². The molecule has 0 radical (unpaired) electrons. The zero-order chi connectivity index (χ0) is 24.8. The molecule has 0 bridgehead atoms. The SMILES string of the molecule is CCP(Br)(CC)(CC)CC.CCP(Br)(CC)(CC)CC.CCP(Br)(CC)(CC)CC. The molecule has 0 nitrogen and oxygen atoms in total. The molecule has 0 unspecified atom stereocenters. The second kappa shape index (κ2) is 15.0. The number of hydrogen-bond acceptors (Lipinski definition) is 0. The van der Waals surface area contributed by atoms with Crippen LogP contribution in [-0.2, 0) is 0 Å². The van der Waals surface area contributed by atoms with Gasteiger partial charge >= 0.3 is 219 Å². The molecule has 0 aliphatic rings. The molecule has 0 amide bonds. The monoisotopic (exact) mass is 678 g/mol. The fourth-order valence-corrected chi connectivity index (χ4v) is 12.1. The van der Waals surface area contributed by atoms with E-state index in [-0.39, 0.29) is 0 Å². The molecule has 0 rings (SSSR count). The van der Waals surface area contributed by atoms with Crippen LogP contribution in [0.2, 0.25) is 0 Å². The van der Waals surface area contributed by atoms with Crippen LogP contribution >= 0.6 is 62.4 Å². The number of rotatable bonds is 12. The van der Waals surface area contributed by atoms with Crippen LogP contribution in [0.1, 0.15) is 83.1 Å². The molecule has 6 heteroatoms. The molecule has 0 atom stereocenters. The van der Waals surface area contributed by atoms with Crippen LogP contribution in [0.25, 0.3) is 0 Å². The van der Waals surface area contributed by atoms with Gasteiger partial charge in [-0.15, -0.1) is 0 Å². The molecule has 0 heterocycles. The summed E-state index contributed by atoms with van der Waals surface area (Å²) in [7, 11) is 0. The quantitative estimate of drug-likeness (QED) is 0.180. The average molecular weight is 681 g/mol. The van der Waals surface area contributed by atoms with Crippen molar-refractivity contribution in [2.45, 2.75) is 83.1 Å². The predicted octanol–water partition coefficient (Wildman–Crippen LogP) is 11.8. The molecule has 0 N–H and O–H groups in total. The normalized spacial score (nSPS) is 16.3. The third-order valence-electron chi connectivity index (χ3n) is 9.48. The second-order valence-corrected chi connectivity index (χ2v) is 45.8. The van der Waals surface area contributed by atoms with E-state index in [1.807, 2.05) is 0 Å². The Kier molecular flexibility index (Phi) is 18.6. The Hall–Kier alpha value is 2.73. The molecule has 0 aromatic carbocycles. The van der Waals surface area contributed by atoms with Gasteiger partial charge < -0.3 is 0 Å². The summed E-state index contributed by atoms with van der Waals surface area (Å²) in [4.78, 5) is 0. The van der Waals surface area contributed by atoms with Gasteiger partial charge in [0.25, 0.3) is 0 Å². The molecule has 0 saturated carbocycles. The molecular weight excluding hydrogens is 621 g/mol. The van der Waals surface area contributed by atoms with Crippen LogP contribution in [0.4, 0.5) is 0 Å². The summed E-state index contributed by atoms with van der Waals surface area (Å²) in [5.74, 6) is 0. The van der Waals surface area contributed by atoms with Crippen LogP contribution in [0.15, 0.2) is 0 Å². The van der Waals surface area contributed by atoms with Gasteiger partial charge in [-0.1, -0.05) is 0 Å². The molecule has 0 aromatic heterocycles. The molecule has 0 aromatic rings. The van der Waals surface area contributed by atoms with Crippen LogP contribution in [0, 0.1) is 0 Å². The van der Waals surface area contributed by atoms with Crippen molar-refractivity contribution in [1.82, 2.24) is 0 Å². The van der Waals surface area contributed by atoms with E-state index in [2.05, 4.69) is 130 Å². The Morgan fingerprint density at radius 2 is 0.333 bits per heavy atom. The zero-order valence-electron chi connectivity index (χ0n) is 23.0. The first kappa shape index (κ1) is 37.3.